The average molecular weight is 371 g/mol. The molecular formula is C21H25NO5. The van der Waals surface area contributed by atoms with E-state index in [-0.39, 0.29) is 19.0 Å². The van der Waals surface area contributed by atoms with Gasteiger partial charge < -0.3 is 9.47 Å². The average Bonchev–Trinajstić information content (AvgIpc) is 2.70. The van der Waals surface area contributed by atoms with E-state index in [4.69, 9.17) is 14.3 Å². The molecule has 0 aliphatic heterocycles. The summed E-state index contributed by atoms with van der Waals surface area (Å²) in [5.41, 5.74) is 1.79. The number of hydrogen-bond acceptors (Lipinski definition) is 5. The minimum Gasteiger partial charge on any atom is -0.362 e. The van der Waals surface area contributed by atoms with Gasteiger partial charge in [-0.15, -0.1) is 0 Å². The van der Waals surface area contributed by atoms with Gasteiger partial charge in [-0.25, -0.2) is 5.06 Å². The normalized spacial score (nSPS) is 13.0. The third-order valence-electron chi connectivity index (χ3n) is 4.05. The van der Waals surface area contributed by atoms with Crippen molar-refractivity contribution in [1.29, 1.82) is 0 Å². The highest BCUT2D eigenvalue weighted by Gasteiger charge is 2.36. The van der Waals surface area contributed by atoms with Crippen LogP contribution in [0.3, 0.4) is 0 Å². The van der Waals surface area contributed by atoms with E-state index in [9.17, 15) is 9.59 Å². The summed E-state index contributed by atoms with van der Waals surface area (Å²) in [6, 6.07) is 18.9. The van der Waals surface area contributed by atoms with E-state index in [1.54, 1.807) is 0 Å². The summed E-state index contributed by atoms with van der Waals surface area (Å²) in [5, 5.41) is 1.04. The number of benzene rings is 2. The zero-order valence-electron chi connectivity index (χ0n) is 15.8. The van der Waals surface area contributed by atoms with Crippen molar-refractivity contribution in [2.24, 2.45) is 0 Å². The number of ether oxygens (including phenoxy) is 2. The second-order valence-electron chi connectivity index (χ2n) is 6.06. The summed E-state index contributed by atoms with van der Waals surface area (Å²) in [4.78, 5) is 29.9. The van der Waals surface area contributed by atoms with Gasteiger partial charge in [0.1, 0.15) is 0 Å². The van der Waals surface area contributed by atoms with Gasteiger partial charge in [0.25, 0.3) is 5.91 Å². The highest BCUT2D eigenvalue weighted by molar-refractivity contribution is 5.90. The summed E-state index contributed by atoms with van der Waals surface area (Å²) in [5.74, 6) is -0.775. The predicted octanol–water partition coefficient (Wildman–Crippen LogP) is 2.77. The number of nitrogens with zero attached hydrogens (tertiary/aromatic N) is 1. The fraction of sp³-hybridized carbons (Fsp3) is 0.333. The van der Waals surface area contributed by atoms with Gasteiger partial charge in [-0.05, 0) is 18.1 Å². The Kier molecular flexibility index (Phi) is 8.13. The highest BCUT2D eigenvalue weighted by Crippen LogP contribution is 2.15. The number of carbonyl (C=O) groups is 2. The molecule has 0 heterocycles. The van der Waals surface area contributed by atoms with E-state index in [0.717, 1.165) is 16.2 Å². The van der Waals surface area contributed by atoms with Crippen LogP contribution in [0.2, 0.25) is 0 Å². The van der Waals surface area contributed by atoms with Crippen molar-refractivity contribution in [3.63, 3.8) is 0 Å². The quantitative estimate of drug-likeness (QED) is 0.601. The standard InChI is InChI=1S/C21H25NO5/c1-16(23)19(26-14-17-10-6-4-7-11-17)20(21(24)22(2)25-3)27-15-18-12-8-5-9-13-18/h4-13,19-20H,14-15H2,1-3H3/t19-,20+/m0/s1. The number of hydroxylamine groups is 2. The number of Topliss-reactive ketones (excluding diaryl/α,β-unsaturated/α-hetero) is 1. The Bertz CT molecular complexity index is 720. The van der Waals surface area contributed by atoms with Crippen molar-refractivity contribution in [1.82, 2.24) is 5.06 Å². The minimum atomic E-state index is -1.11. The molecule has 6 heteroatoms. The van der Waals surface area contributed by atoms with Crippen molar-refractivity contribution < 1.29 is 23.9 Å². The number of hydrogen-bond donors (Lipinski definition) is 0. The lowest BCUT2D eigenvalue weighted by molar-refractivity contribution is -0.192. The third kappa shape index (κ3) is 6.29. The zero-order valence-corrected chi connectivity index (χ0v) is 15.8. The number of carbonyl (C=O) groups excluding carboxylic acids is 2. The zero-order chi connectivity index (χ0) is 19.6. The van der Waals surface area contributed by atoms with Crippen LogP contribution in [-0.4, -0.2) is 43.1 Å². The van der Waals surface area contributed by atoms with Crippen LogP contribution in [0.25, 0.3) is 0 Å². The van der Waals surface area contributed by atoms with Gasteiger partial charge in [0.05, 0.1) is 20.3 Å². The van der Waals surface area contributed by atoms with Crippen molar-refractivity contribution in [2.45, 2.75) is 32.3 Å². The van der Waals surface area contributed by atoms with Crippen LogP contribution in [0.1, 0.15) is 18.1 Å². The van der Waals surface area contributed by atoms with E-state index >= 15 is 0 Å². The smallest absolute Gasteiger partial charge is 0.278 e. The number of ketones is 1. The van der Waals surface area contributed by atoms with E-state index in [1.807, 2.05) is 60.7 Å². The van der Waals surface area contributed by atoms with Gasteiger partial charge in [-0.2, -0.15) is 0 Å². The second kappa shape index (κ2) is 10.6. The third-order valence-corrected chi connectivity index (χ3v) is 4.05. The van der Waals surface area contributed by atoms with E-state index in [1.165, 1.54) is 21.1 Å². The summed E-state index contributed by atoms with van der Waals surface area (Å²) < 4.78 is 11.6. The fourth-order valence-electron chi connectivity index (χ4n) is 2.50. The van der Waals surface area contributed by atoms with Gasteiger partial charge in [-0.3, -0.25) is 14.4 Å². The first-order valence-corrected chi connectivity index (χ1v) is 8.66. The van der Waals surface area contributed by atoms with Crippen LogP contribution >= 0.6 is 0 Å². The Balaban J connectivity index is 2.15. The first-order chi connectivity index (χ1) is 13.0. The Morgan fingerprint density at radius 2 is 1.30 bits per heavy atom. The Hall–Kier alpha value is -2.54. The molecule has 0 saturated carbocycles. The van der Waals surface area contributed by atoms with Gasteiger partial charge >= 0.3 is 0 Å². The molecule has 2 aromatic rings. The molecule has 0 spiro atoms. The molecule has 0 aliphatic rings. The first kappa shape index (κ1) is 20.8. The molecule has 144 valence electrons. The molecule has 0 fully saturated rings. The molecule has 0 radical (unpaired) electrons. The maximum absolute atomic E-state index is 12.7. The largest absolute Gasteiger partial charge is 0.362 e. The van der Waals surface area contributed by atoms with Crippen LogP contribution in [0.5, 0.6) is 0 Å². The lowest BCUT2D eigenvalue weighted by Crippen LogP contribution is -2.48. The second-order valence-corrected chi connectivity index (χ2v) is 6.06. The Morgan fingerprint density at radius 3 is 1.70 bits per heavy atom. The number of likely N-dealkylation sites (N-methyl/N-ethyl adjacent to an activating group) is 1. The van der Waals surface area contributed by atoms with Crippen LogP contribution in [-0.2, 0) is 37.1 Å². The molecule has 2 atom stereocenters. The van der Waals surface area contributed by atoms with Gasteiger partial charge in [-0.1, -0.05) is 60.7 Å². The molecule has 0 saturated heterocycles. The Morgan fingerprint density at radius 1 is 0.852 bits per heavy atom. The molecule has 2 aromatic carbocycles. The van der Waals surface area contributed by atoms with Crippen LogP contribution in [0.15, 0.2) is 60.7 Å². The SMILES string of the molecule is CON(C)C(=O)[C@H](OCc1ccccc1)[C@@H](OCc1ccccc1)C(C)=O. The van der Waals surface area contributed by atoms with Crippen molar-refractivity contribution in [2.75, 3.05) is 14.2 Å². The monoisotopic (exact) mass is 371 g/mol. The molecule has 0 unspecified atom stereocenters. The Labute approximate surface area is 159 Å². The molecule has 0 aliphatic carbocycles. The summed E-state index contributed by atoms with van der Waals surface area (Å²) in [7, 11) is 2.84. The molecule has 2 rings (SSSR count). The van der Waals surface area contributed by atoms with Crippen molar-refractivity contribution in [3.8, 4) is 0 Å². The number of rotatable bonds is 10. The van der Waals surface area contributed by atoms with Crippen LogP contribution in [0.4, 0.5) is 0 Å². The van der Waals surface area contributed by atoms with E-state index in [2.05, 4.69) is 0 Å². The van der Waals surface area contributed by atoms with Crippen molar-refractivity contribution in [3.05, 3.63) is 71.8 Å². The predicted molar refractivity (Wildman–Crippen MR) is 100 cm³/mol. The lowest BCUT2D eigenvalue weighted by Gasteiger charge is -2.27. The molecule has 1 amide bonds. The van der Waals surface area contributed by atoms with Crippen molar-refractivity contribution >= 4 is 11.7 Å². The van der Waals surface area contributed by atoms with E-state index in [0.29, 0.717) is 0 Å². The molecule has 0 N–H and O–H groups in total. The summed E-state index contributed by atoms with van der Waals surface area (Å²) in [6.07, 6.45) is -2.16. The molecule has 0 aromatic heterocycles. The fourth-order valence-corrected chi connectivity index (χ4v) is 2.50. The molecule has 0 bridgehead atoms. The first-order valence-electron chi connectivity index (χ1n) is 8.66. The van der Waals surface area contributed by atoms with Crippen LogP contribution < -0.4 is 0 Å². The summed E-state index contributed by atoms with van der Waals surface area (Å²) in [6.45, 7) is 1.75. The van der Waals surface area contributed by atoms with Crippen LogP contribution in [0, 0.1) is 0 Å². The maximum atomic E-state index is 12.7. The molecule has 27 heavy (non-hydrogen) atoms. The lowest BCUT2D eigenvalue weighted by atomic mass is 10.1. The summed E-state index contributed by atoms with van der Waals surface area (Å²) >= 11 is 0. The molecule has 6 nitrogen and oxygen atoms in total. The van der Waals surface area contributed by atoms with Gasteiger partial charge in [0, 0.05) is 7.05 Å². The number of amides is 1. The van der Waals surface area contributed by atoms with Gasteiger partial charge in [0.15, 0.2) is 18.0 Å². The molecular weight excluding hydrogens is 346 g/mol. The minimum absolute atomic E-state index is 0.174. The highest BCUT2D eigenvalue weighted by atomic mass is 16.7. The maximum Gasteiger partial charge on any atom is 0.278 e. The van der Waals surface area contributed by atoms with E-state index < -0.39 is 18.1 Å². The topological polar surface area (TPSA) is 65.1 Å². The van der Waals surface area contributed by atoms with Gasteiger partial charge in [0.2, 0.25) is 0 Å².